The number of hydrogen-bond donors (Lipinski definition) is 1. The van der Waals surface area contributed by atoms with Crippen molar-refractivity contribution in [2.45, 2.75) is 32.1 Å². The smallest absolute Gasteiger partial charge is 0.257 e. The van der Waals surface area contributed by atoms with E-state index < -0.39 is 5.82 Å². The van der Waals surface area contributed by atoms with Crippen molar-refractivity contribution >= 4 is 17.5 Å². The number of rotatable bonds is 4. The van der Waals surface area contributed by atoms with Crippen LogP contribution in [0, 0.1) is 17.7 Å². The third-order valence-electron chi connectivity index (χ3n) is 6.37. The molecule has 2 fully saturated rings. The Labute approximate surface area is 176 Å². The number of fused-ring (bicyclic) bond motifs is 1. The third kappa shape index (κ3) is 4.32. The van der Waals surface area contributed by atoms with Crippen molar-refractivity contribution in [1.29, 1.82) is 0 Å². The summed E-state index contributed by atoms with van der Waals surface area (Å²) in [7, 11) is 1.52. The van der Waals surface area contributed by atoms with Gasteiger partial charge in [-0.1, -0.05) is 19.3 Å². The summed E-state index contributed by atoms with van der Waals surface area (Å²) in [5, 5.41) is 2.77. The second-order valence-corrected chi connectivity index (χ2v) is 8.22. The summed E-state index contributed by atoms with van der Waals surface area (Å²) in [5.41, 5.74) is 1.38. The molecule has 1 aliphatic carbocycles. The molecule has 1 aliphatic heterocycles. The third-order valence-corrected chi connectivity index (χ3v) is 6.37. The Hall–Kier alpha value is -2.89. The van der Waals surface area contributed by atoms with Gasteiger partial charge in [0.25, 0.3) is 11.8 Å². The number of likely N-dealkylation sites (tertiary alicyclic amines) is 1. The monoisotopic (exact) mass is 410 g/mol. The van der Waals surface area contributed by atoms with Gasteiger partial charge in [0.15, 0.2) is 0 Å². The van der Waals surface area contributed by atoms with Crippen LogP contribution < -0.4 is 10.1 Å². The van der Waals surface area contributed by atoms with Crippen LogP contribution in [0.1, 0.15) is 52.8 Å². The van der Waals surface area contributed by atoms with Crippen LogP contribution in [0.5, 0.6) is 5.75 Å². The molecular formula is C24H27FN2O3. The second kappa shape index (κ2) is 8.86. The van der Waals surface area contributed by atoms with E-state index in [2.05, 4.69) is 5.32 Å². The predicted octanol–water partition coefficient (Wildman–Crippen LogP) is 4.74. The molecule has 0 radical (unpaired) electrons. The number of ether oxygens (including phenoxy) is 1. The quantitative estimate of drug-likeness (QED) is 0.792. The molecule has 0 spiro atoms. The second-order valence-electron chi connectivity index (χ2n) is 8.22. The number of methoxy groups -OCH3 is 1. The largest absolute Gasteiger partial charge is 0.496 e. The fraction of sp³-hybridized carbons (Fsp3) is 0.417. The highest BCUT2D eigenvalue weighted by Crippen LogP contribution is 2.37. The van der Waals surface area contributed by atoms with Crippen LogP contribution in [-0.4, -0.2) is 36.9 Å². The summed E-state index contributed by atoms with van der Waals surface area (Å²) in [6, 6.07) is 10.4. The van der Waals surface area contributed by atoms with Gasteiger partial charge in [-0.3, -0.25) is 9.59 Å². The van der Waals surface area contributed by atoms with Crippen LogP contribution in [0.25, 0.3) is 0 Å². The van der Waals surface area contributed by atoms with Crippen molar-refractivity contribution in [1.82, 2.24) is 4.90 Å². The molecule has 2 aliphatic rings. The fourth-order valence-electron chi connectivity index (χ4n) is 4.71. The highest BCUT2D eigenvalue weighted by atomic mass is 19.1. The van der Waals surface area contributed by atoms with E-state index in [0.29, 0.717) is 28.5 Å². The lowest BCUT2D eigenvalue weighted by molar-refractivity contribution is 0.0518. The molecule has 0 bridgehead atoms. The summed E-state index contributed by atoms with van der Waals surface area (Å²) in [5.74, 6) is 1.03. The van der Waals surface area contributed by atoms with E-state index in [1.807, 2.05) is 4.90 Å². The molecule has 5 nitrogen and oxygen atoms in total. The van der Waals surface area contributed by atoms with Gasteiger partial charge in [0.2, 0.25) is 0 Å². The van der Waals surface area contributed by atoms with E-state index in [-0.39, 0.29) is 11.8 Å². The predicted molar refractivity (Wildman–Crippen MR) is 113 cm³/mol. The first kappa shape index (κ1) is 20.4. The van der Waals surface area contributed by atoms with Crippen molar-refractivity contribution < 1.29 is 18.7 Å². The normalized spacial score (nSPS) is 20.9. The summed E-state index contributed by atoms with van der Waals surface area (Å²) in [6.07, 6.45) is 6.14. The minimum atomic E-state index is -0.395. The average Bonchev–Trinajstić information content (AvgIpc) is 2.78. The number of anilines is 1. The van der Waals surface area contributed by atoms with Crippen molar-refractivity contribution in [3.8, 4) is 5.75 Å². The number of hydrogen-bond acceptors (Lipinski definition) is 3. The molecule has 1 saturated carbocycles. The van der Waals surface area contributed by atoms with Crippen LogP contribution in [0.15, 0.2) is 42.5 Å². The van der Waals surface area contributed by atoms with Crippen molar-refractivity contribution in [3.05, 3.63) is 59.4 Å². The first-order valence-electron chi connectivity index (χ1n) is 10.6. The van der Waals surface area contributed by atoms with Gasteiger partial charge in [0, 0.05) is 30.4 Å². The van der Waals surface area contributed by atoms with Gasteiger partial charge in [0.05, 0.1) is 12.7 Å². The number of benzene rings is 2. The Morgan fingerprint density at radius 1 is 1.03 bits per heavy atom. The first-order chi connectivity index (χ1) is 14.5. The molecule has 158 valence electrons. The van der Waals surface area contributed by atoms with Crippen LogP contribution in [0.3, 0.4) is 0 Å². The Bertz CT molecular complexity index is 929. The van der Waals surface area contributed by atoms with Gasteiger partial charge in [-0.15, -0.1) is 0 Å². The Morgan fingerprint density at radius 2 is 1.77 bits per heavy atom. The molecule has 30 heavy (non-hydrogen) atoms. The van der Waals surface area contributed by atoms with Crippen LogP contribution in [0.4, 0.5) is 10.1 Å². The topological polar surface area (TPSA) is 58.6 Å². The number of amides is 2. The van der Waals surface area contributed by atoms with Gasteiger partial charge >= 0.3 is 0 Å². The molecule has 1 heterocycles. The minimum Gasteiger partial charge on any atom is -0.496 e. The lowest BCUT2D eigenvalue weighted by Gasteiger charge is -2.41. The highest BCUT2D eigenvalue weighted by molar-refractivity contribution is 6.05. The molecule has 6 heteroatoms. The Kier molecular flexibility index (Phi) is 6.02. The van der Waals surface area contributed by atoms with E-state index in [1.165, 1.54) is 57.1 Å². The maximum absolute atomic E-state index is 13.2. The van der Waals surface area contributed by atoms with Gasteiger partial charge in [-0.05, 0) is 61.1 Å². The molecule has 1 saturated heterocycles. The molecule has 2 aromatic rings. The highest BCUT2D eigenvalue weighted by Gasteiger charge is 2.33. The summed E-state index contributed by atoms with van der Waals surface area (Å²) >= 11 is 0. The summed E-state index contributed by atoms with van der Waals surface area (Å²) < 4.78 is 18.5. The molecule has 2 aromatic carbocycles. The van der Waals surface area contributed by atoms with Gasteiger partial charge < -0.3 is 15.0 Å². The minimum absolute atomic E-state index is 0.0210. The van der Waals surface area contributed by atoms with Crippen molar-refractivity contribution in [3.63, 3.8) is 0 Å². The van der Waals surface area contributed by atoms with Gasteiger partial charge in [-0.2, -0.15) is 0 Å². The molecule has 0 unspecified atom stereocenters. The molecule has 1 N–H and O–H groups in total. The van der Waals surface area contributed by atoms with Gasteiger partial charge in [0.1, 0.15) is 11.6 Å². The zero-order chi connectivity index (χ0) is 21.1. The maximum Gasteiger partial charge on any atom is 0.257 e. The lowest BCUT2D eigenvalue weighted by atomic mass is 9.75. The number of piperidine rings is 1. The maximum atomic E-state index is 13.2. The van der Waals surface area contributed by atoms with Crippen molar-refractivity contribution in [2.75, 3.05) is 25.5 Å². The van der Waals surface area contributed by atoms with E-state index in [1.54, 1.807) is 18.2 Å². The number of carbonyl (C=O) groups is 2. The Balaban J connectivity index is 1.47. The molecule has 2 amide bonds. The van der Waals surface area contributed by atoms with E-state index in [9.17, 15) is 14.0 Å². The van der Waals surface area contributed by atoms with Gasteiger partial charge in [-0.25, -0.2) is 4.39 Å². The number of nitrogens with one attached hydrogen (secondary N) is 1. The number of carbonyl (C=O) groups excluding carboxylic acids is 2. The summed E-state index contributed by atoms with van der Waals surface area (Å²) in [4.78, 5) is 27.5. The lowest BCUT2D eigenvalue weighted by Crippen LogP contribution is -2.44. The zero-order valence-corrected chi connectivity index (χ0v) is 17.2. The zero-order valence-electron chi connectivity index (χ0n) is 17.2. The molecule has 4 rings (SSSR count). The van der Waals surface area contributed by atoms with Crippen LogP contribution in [0.2, 0.25) is 0 Å². The van der Waals surface area contributed by atoms with E-state index in [0.717, 1.165) is 25.4 Å². The molecule has 0 aromatic heterocycles. The van der Waals surface area contributed by atoms with Crippen LogP contribution in [-0.2, 0) is 0 Å². The van der Waals surface area contributed by atoms with E-state index in [4.69, 9.17) is 4.74 Å². The standard InChI is InChI=1S/C24H27FN2O3/c1-30-22-14-20(26-23(28)17-6-8-19(25)9-7-17)10-11-21(22)24(29)27-13-12-16-4-2-3-5-18(16)15-27/h6-11,14,16,18H,2-5,12-13,15H2,1H3,(H,26,28)/t16-,18+/m1/s1. The van der Waals surface area contributed by atoms with Crippen LogP contribution >= 0.6 is 0 Å². The fourth-order valence-corrected chi connectivity index (χ4v) is 4.71. The number of halogens is 1. The summed E-state index contributed by atoms with van der Waals surface area (Å²) in [6.45, 7) is 1.60. The first-order valence-corrected chi connectivity index (χ1v) is 10.6. The average molecular weight is 410 g/mol. The van der Waals surface area contributed by atoms with E-state index >= 15 is 0 Å². The Morgan fingerprint density at radius 3 is 2.50 bits per heavy atom. The van der Waals surface area contributed by atoms with Crippen molar-refractivity contribution in [2.24, 2.45) is 11.8 Å². The molecule has 2 atom stereocenters. The molecular weight excluding hydrogens is 383 g/mol. The number of nitrogens with zero attached hydrogens (tertiary/aromatic N) is 1. The SMILES string of the molecule is COc1cc(NC(=O)c2ccc(F)cc2)ccc1C(=O)N1CC[C@H]2CCCC[C@H]2C1.